The predicted molar refractivity (Wildman–Crippen MR) is 63.7 cm³/mol. The number of rotatable bonds is 1. The van der Waals surface area contributed by atoms with Crippen molar-refractivity contribution in [3.8, 4) is 0 Å². The normalized spacial score (nSPS) is 18.1. The molecule has 2 rings (SSSR count). The zero-order chi connectivity index (χ0) is 10.8. The first-order valence-corrected chi connectivity index (χ1v) is 6.55. The van der Waals surface area contributed by atoms with Crippen LogP contribution in [0.5, 0.6) is 0 Å². The molecular formula is C9H12ClN3OS. The molecule has 0 saturated carbocycles. The van der Waals surface area contributed by atoms with Crippen LogP contribution in [0.3, 0.4) is 0 Å². The first kappa shape index (κ1) is 10.7. The Hall–Kier alpha value is -0.810. The van der Waals surface area contributed by atoms with Gasteiger partial charge in [-0.25, -0.2) is 4.98 Å². The molecule has 0 unspecified atom stereocenters. The van der Waals surface area contributed by atoms with Gasteiger partial charge in [0.25, 0.3) is 0 Å². The number of nitrogen functional groups attached to an aromatic ring is 1. The molecular weight excluding hydrogens is 234 g/mol. The molecule has 1 fully saturated rings. The first-order valence-electron chi connectivity index (χ1n) is 4.69. The fourth-order valence-electron chi connectivity index (χ4n) is 1.54. The summed E-state index contributed by atoms with van der Waals surface area (Å²) in [6.45, 7) is 1.45. The Morgan fingerprint density at radius 2 is 2.07 bits per heavy atom. The summed E-state index contributed by atoms with van der Waals surface area (Å²) in [5.74, 6) is 2.06. The van der Waals surface area contributed by atoms with Crippen molar-refractivity contribution >= 4 is 33.9 Å². The van der Waals surface area contributed by atoms with Crippen molar-refractivity contribution in [1.29, 1.82) is 0 Å². The number of aromatic nitrogens is 1. The van der Waals surface area contributed by atoms with Crippen LogP contribution < -0.4 is 10.6 Å². The molecule has 4 nitrogen and oxygen atoms in total. The van der Waals surface area contributed by atoms with Gasteiger partial charge in [0, 0.05) is 35.4 Å². The van der Waals surface area contributed by atoms with Gasteiger partial charge in [0.2, 0.25) is 0 Å². The van der Waals surface area contributed by atoms with Gasteiger partial charge in [-0.15, -0.1) is 0 Å². The lowest BCUT2D eigenvalue weighted by molar-refractivity contribution is 0.672. The number of hydrogen-bond donors (Lipinski definition) is 1. The van der Waals surface area contributed by atoms with Crippen LogP contribution in [0.2, 0.25) is 5.15 Å². The smallest absolute Gasteiger partial charge is 0.153 e. The minimum absolute atomic E-state index is 0.436. The molecule has 2 heterocycles. The van der Waals surface area contributed by atoms with Crippen LogP contribution in [-0.2, 0) is 10.8 Å². The lowest BCUT2D eigenvalue weighted by atomic mass is 10.3. The van der Waals surface area contributed by atoms with E-state index in [0.29, 0.717) is 28.2 Å². The van der Waals surface area contributed by atoms with Crippen molar-refractivity contribution in [1.82, 2.24) is 4.98 Å². The average Bonchev–Trinajstić information content (AvgIpc) is 2.23. The summed E-state index contributed by atoms with van der Waals surface area (Å²) in [6, 6.07) is 3.42. The van der Waals surface area contributed by atoms with Gasteiger partial charge >= 0.3 is 0 Å². The molecule has 0 bridgehead atoms. The Kier molecular flexibility index (Phi) is 3.11. The summed E-state index contributed by atoms with van der Waals surface area (Å²) in [5.41, 5.74) is 6.43. The van der Waals surface area contributed by atoms with Crippen LogP contribution in [0, 0.1) is 0 Å². The molecule has 0 radical (unpaired) electrons. The second kappa shape index (κ2) is 4.37. The van der Waals surface area contributed by atoms with Crippen molar-refractivity contribution in [2.24, 2.45) is 0 Å². The Balaban J connectivity index is 2.21. The van der Waals surface area contributed by atoms with E-state index >= 15 is 0 Å². The van der Waals surface area contributed by atoms with E-state index in [-0.39, 0.29) is 0 Å². The minimum Gasteiger partial charge on any atom is -0.396 e. The number of anilines is 2. The van der Waals surface area contributed by atoms with E-state index in [2.05, 4.69) is 4.98 Å². The van der Waals surface area contributed by atoms with Gasteiger partial charge in [-0.2, -0.15) is 0 Å². The molecule has 0 spiro atoms. The van der Waals surface area contributed by atoms with Crippen molar-refractivity contribution in [2.45, 2.75) is 0 Å². The number of nitrogens with two attached hydrogens (primary N) is 1. The summed E-state index contributed by atoms with van der Waals surface area (Å²) < 4.78 is 11.2. The van der Waals surface area contributed by atoms with E-state index in [1.807, 2.05) is 4.90 Å². The highest BCUT2D eigenvalue weighted by molar-refractivity contribution is 7.85. The summed E-state index contributed by atoms with van der Waals surface area (Å²) in [6.07, 6.45) is 0. The van der Waals surface area contributed by atoms with Gasteiger partial charge in [0.15, 0.2) is 5.82 Å². The summed E-state index contributed by atoms with van der Waals surface area (Å²) in [5, 5.41) is 0.436. The monoisotopic (exact) mass is 245 g/mol. The van der Waals surface area contributed by atoms with Gasteiger partial charge in [0.1, 0.15) is 5.15 Å². The van der Waals surface area contributed by atoms with Crippen molar-refractivity contribution in [2.75, 3.05) is 35.2 Å². The van der Waals surface area contributed by atoms with Gasteiger partial charge in [-0.05, 0) is 12.1 Å². The van der Waals surface area contributed by atoms with E-state index in [4.69, 9.17) is 17.3 Å². The minimum atomic E-state index is -0.690. The molecule has 0 amide bonds. The molecule has 1 saturated heterocycles. The quantitative estimate of drug-likeness (QED) is 0.747. The molecule has 1 aliphatic heterocycles. The fraction of sp³-hybridized carbons (Fsp3) is 0.444. The largest absolute Gasteiger partial charge is 0.396 e. The molecule has 15 heavy (non-hydrogen) atoms. The fourth-order valence-corrected chi connectivity index (χ4v) is 2.73. The topological polar surface area (TPSA) is 59.2 Å². The van der Waals surface area contributed by atoms with Crippen LogP contribution in [-0.4, -0.2) is 33.8 Å². The predicted octanol–water partition coefficient (Wildman–Crippen LogP) is 0.886. The van der Waals surface area contributed by atoms with E-state index in [1.165, 1.54) is 0 Å². The number of pyridine rings is 1. The van der Waals surface area contributed by atoms with Crippen molar-refractivity contribution in [3.05, 3.63) is 17.3 Å². The van der Waals surface area contributed by atoms with Crippen LogP contribution in [0.15, 0.2) is 12.1 Å². The zero-order valence-electron chi connectivity index (χ0n) is 8.15. The van der Waals surface area contributed by atoms with Crippen LogP contribution in [0.25, 0.3) is 0 Å². The zero-order valence-corrected chi connectivity index (χ0v) is 9.72. The standard InChI is InChI=1S/C9H12ClN3OS/c10-8-2-1-7(11)9(12-8)13-3-5-15(14)6-4-13/h1-2H,3-6,11H2. The second-order valence-electron chi connectivity index (χ2n) is 3.38. The van der Waals surface area contributed by atoms with E-state index < -0.39 is 10.8 Å². The highest BCUT2D eigenvalue weighted by Crippen LogP contribution is 2.23. The Morgan fingerprint density at radius 1 is 1.40 bits per heavy atom. The number of halogens is 1. The average molecular weight is 246 g/mol. The maximum Gasteiger partial charge on any atom is 0.153 e. The Morgan fingerprint density at radius 3 is 2.73 bits per heavy atom. The van der Waals surface area contributed by atoms with Gasteiger partial charge in [-0.1, -0.05) is 11.6 Å². The van der Waals surface area contributed by atoms with Gasteiger partial charge < -0.3 is 10.6 Å². The first-order chi connectivity index (χ1) is 7.16. The third-order valence-electron chi connectivity index (χ3n) is 2.35. The van der Waals surface area contributed by atoms with Crippen LogP contribution >= 0.6 is 11.6 Å². The Bertz CT molecular complexity index is 389. The molecule has 2 N–H and O–H groups in total. The maximum atomic E-state index is 11.2. The number of nitrogens with zero attached hydrogens (tertiary/aromatic N) is 2. The molecule has 0 aromatic carbocycles. The van der Waals surface area contributed by atoms with Crippen LogP contribution in [0.1, 0.15) is 0 Å². The van der Waals surface area contributed by atoms with Gasteiger partial charge in [-0.3, -0.25) is 4.21 Å². The third-order valence-corrected chi connectivity index (χ3v) is 3.83. The summed E-state index contributed by atoms with van der Waals surface area (Å²) in [4.78, 5) is 6.22. The molecule has 1 aromatic heterocycles. The molecule has 0 atom stereocenters. The van der Waals surface area contributed by atoms with Gasteiger partial charge in [0.05, 0.1) is 5.69 Å². The van der Waals surface area contributed by atoms with Crippen molar-refractivity contribution < 1.29 is 4.21 Å². The highest BCUT2D eigenvalue weighted by Gasteiger charge is 2.18. The van der Waals surface area contributed by atoms with E-state index in [9.17, 15) is 4.21 Å². The lowest BCUT2D eigenvalue weighted by Gasteiger charge is -2.28. The lowest BCUT2D eigenvalue weighted by Crippen LogP contribution is -2.38. The Labute approximate surface area is 95.9 Å². The van der Waals surface area contributed by atoms with Crippen LogP contribution in [0.4, 0.5) is 11.5 Å². The van der Waals surface area contributed by atoms with E-state index in [1.54, 1.807) is 12.1 Å². The third kappa shape index (κ3) is 2.41. The molecule has 1 aliphatic rings. The highest BCUT2D eigenvalue weighted by atomic mass is 35.5. The van der Waals surface area contributed by atoms with E-state index in [0.717, 1.165) is 13.1 Å². The summed E-state index contributed by atoms with van der Waals surface area (Å²) in [7, 11) is -0.690. The number of hydrogen-bond acceptors (Lipinski definition) is 4. The van der Waals surface area contributed by atoms with Crippen molar-refractivity contribution in [3.63, 3.8) is 0 Å². The second-order valence-corrected chi connectivity index (χ2v) is 5.47. The summed E-state index contributed by atoms with van der Waals surface area (Å²) >= 11 is 5.81. The maximum absolute atomic E-state index is 11.2. The SMILES string of the molecule is Nc1ccc(Cl)nc1N1CCS(=O)CC1. The molecule has 6 heteroatoms. The molecule has 82 valence electrons. The molecule has 1 aromatic rings. The molecule has 0 aliphatic carbocycles.